The second-order valence-electron chi connectivity index (χ2n) is 2.99. The molecule has 0 atom stereocenters. The van der Waals surface area contributed by atoms with Crippen LogP contribution < -0.4 is 5.26 Å². The SMILES string of the molecule is [NH+]#Cc1ccn(CC2CC2)n1. The zero-order valence-electron chi connectivity index (χ0n) is 6.25. The predicted molar refractivity (Wildman–Crippen MR) is 38.9 cm³/mol. The summed E-state index contributed by atoms with van der Waals surface area (Å²) in [5.41, 5.74) is 0.630. The number of aromatic nitrogens is 2. The minimum absolute atomic E-state index is 0.630. The van der Waals surface area contributed by atoms with Gasteiger partial charge in [0.15, 0.2) is 0 Å². The van der Waals surface area contributed by atoms with Gasteiger partial charge in [-0.2, -0.15) is 5.10 Å². The lowest BCUT2D eigenvalue weighted by Crippen LogP contribution is -2.17. The Morgan fingerprint density at radius 1 is 1.73 bits per heavy atom. The second kappa shape index (κ2) is 2.39. The molecule has 0 bridgehead atoms. The summed E-state index contributed by atoms with van der Waals surface area (Å²) in [6.07, 6.45) is 4.59. The summed E-state index contributed by atoms with van der Waals surface area (Å²) in [6, 6.07) is 4.07. The monoisotopic (exact) mass is 148 g/mol. The van der Waals surface area contributed by atoms with Gasteiger partial charge in [-0.1, -0.05) is 5.26 Å². The van der Waals surface area contributed by atoms with E-state index in [2.05, 4.69) is 11.2 Å². The molecule has 3 nitrogen and oxygen atoms in total. The van der Waals surface area contributed by atoms with E-state index in [4.69, 9.17) is 5.26 Å². The second-order valence-corrected chi connectivity index (χ2v) is 2.99. The summed E-state index contributed by atoms with van der Waals surface area (Å²) < 4.78 is 1.90. The fourth-order valence-electron chi connectivity index (χ4n) is 1.10. The lowest BCUT2D eigenvalue weighted by Gasteiger charge is -1.94. The van der Waals surface area contributed by atoms with Crippen LogP contribution in [0.25, 0.3) is 0 Å². The molecule has 1 aromatic rings. The molecule has 1 aliphatic rings. The molecule has 1 fully saturated rings. The first-order valence-corrected chi connectivity index (χ1v) is 3.84. The van der Waals surface area contributed by atoms with Gasteiger partial charge >= 0.3 is 6.07 Å². The molecule has 0 aromatic carbocycles. The van der Waals surface area contributed by atoms with Crippen molar-refractivity contribution in [3.05, 3.63) is 18.0 Å². The fourth-order valence-corrected chi connectivity index (χ4v) is 1.10. The minimum Gasteiger partial charge on any atom is -0.271 e. The van der Waals surface area contributed by atoms with Gasteiger partial charge in [-0.05, 0) is 24.8 Å². The van der Waals surface area contributed by atoms with Gasteiger partial charge in [0.25, 0.3) is 0 Å². The van der Waals surface area contributed by atoms with Crippen LogP contribution in [0, 0.1) is 12.0 Å². The molecular weight excluding hydrogens is 138 g/mol. The van der Waals surface area contributed by atoms with Crippen LogP contribution in [0.15, 0.2) is 12.3 Å². The molecule has 11 heavy (non-hydrogen) atoms. The fraction of sp³-hybridized carbons (Fsp3) is 0.500. The maximum absolute atomic E-state index is 6.83. The van der Waals surface area contributed by atoms with Gasteiger partial charge < -0.3 is 0 Å². The quantitative estimate of drug-likeness (QED) is 0.598. The third kappa shape index (κ3) is 1.40. The topological polar surface area (TPSA) is 41.6 Å². The molecule has 0 saturated heterocycles. The van der Waals surface area contributed by atoms with E-state index in [1.165, 1.54) is 12.8 Å². The summed E-state index contributed by atoms with van der Waals surface area (Å²) in [5, 5.41) is 11.0. The predicted octanol–water partition coefficient (Wildman–Crippen LogP) is -0.586. The van der Waals surface area contributed by atoms with Crippen LogP contribution in [0.1, 0.15) is 18.5 Å². The third-order valence-corrected chi connectivity index (χ3v) is 1.91. The van der Waals surface area contributed by atoms with E-state index in [9.17, 15) is 0 Å². The van der Waals surface area contributed by atoms with Crippen LogP contribution in [0.3, 0.4) is 0 Å². The molecule has 0 aliphatic heterocycles. The first kappa shape index (κ1) is 6.41. The Kier molecular flexibility index (Phi) is 1.39. The van der Waals surface area contributed by atoms with Gasteiger partial charge in [-0.15, -0.1) is 0 Å². The zero-order valence-corrected chi connectivity index (χ0v) is 6.25. The molecule has 56 valence electrons. The average Bonchev–Trinajstić information content (AvgIpc) is 2.68. The molecule has 1 N–H and O–H groups in total. The third-order valence-electron chi connectivity index (χ3n) is 1.91. The van der Waals surface area contributed by atoms with Crippen LogP contribution in [0.5, 0.6) is 0 Å². The highest BCUT2D eigenvalue weighted by molar-refractivity contribution is 5.15. The highest BCUT2D eigenvalue weighted by atomic mass is 15.3. The lowest BCUT2D eigenvalue weighted by atomic mass is 10.4. The molecule has 0 unspecified atom stereocenters. The van der Waals surface area contributed by atoms with Crippen LogP contribution in [0.2, 0.25) is 0 Å². The molecule has 1 aliphatic carbocycles. The molecule has 0 amide bonds. The van der Waals surface area contributed by atoms with Crippen LogP contribution >= 0.6 is 0 Å². The number of rotatable bonds is 2. The number of nitrogens with zero attached hydrogens (tertiary/aromatic N) is 2. The molecule has 0 spiro atoms. The molecular formula is C8H10N3+. The van der Waals surface area contributed by atoms with Gasteiger partial charge in [-0.25, -0.2) is 0 Å². The summed E-state index contributed by atoms with van der Waals surface area (Å²) in [4.78, 5) is 0. The van der Waals surface area contributed by atoms with Gasteiger partial charge in [0.1, 0.15) is 0 Å². The summed E-state index contributed by atoms with van der Waals surface area (Å²) in [5.74, 6) is 0.841. The number of hydrogen-bond acceptors (Lipinski definition) is 1. The Bertz CT molecular complexity index is 291. The van der Waals surface area contributed by atoms with Gasteiger partial charge in [-0.3, -0.25) is 4.68 Å². The summed E-state index contributed by atoms with van der Waals surface area (Å²) in [7, 11) is 0. The van der Waals surface area contributed by atoms with Crippen molar-refractivity contribution in [1.29, 1.82) is 0 Å². The normalized spacial score (nSPS) is 16.3. The van der Waals surface area contributed by atoms with Crippen molar-refractivity contribution in [3.63, 3.8) is 0 Å². The van der Waals surface area contributed by atoms with Crippen molar-refractivity contribution in [2.24, 2.45) is 5.92 Å². The minimum atomic E-state index is 0.630. The van der Waals surface area contributed by atoms with E-state index in [-0.39, 0.29) is 0 Å². The van der Waals surface area contributed by atoms with E-state index < -0.39 is 0 Å². The van der Waals surface area contributed by atoms with Crippen LogP contribution in [-0.4, -0.2) is 9.78 Å². The smallest absolute Gasteiger partial charge is 0.271 e. The highest BCUT2D eigenvalue weighted by Crippen LogP contribution is 2.30. The largest absolute Gasteiger partial charge is 0.330 e. The summed E-state index contributed by atoms with van der Waals surface area (Å²) in [6.45, 7) is 1.02. The van der Waals surface area contributed by atoms with E-state index in [1.54, 1.807) is 0 Å². The maximum atomic E-state index is 6.83. The van der Waals surface area contributed by atoms with E-state index in [0.29, 0.717) is 5.69 Å². The first-order valence-electron chi connectivity index (χ1n) is 3.84. The lowest BCUT2D eigenvalue weighted by molar-refractivity contribution is -0.0912. The van der Waals surface area contributed by atoms with Gasteiger partial charge in [0.2, 0.25) is 5.69 Å². The Labute approximate surface area is 65.3 Å². The molecule has 3 heteroatoms. The van der Waals surface area contributed by atoms with Gasteiger partial charge in [0.05, 0.1) is 0 Å². The molecule has 1 aromatic heterocycles. The van der Waals surface area contributed by atoms with E-state index >= 15 is 0 Å². The molecule has 0 radical (unpaired) electrons. The van der Waals surface area contributed by atoms with Gasteiger partial charge in [0, 0.05) is 12.7 Å². The molecule has 2 rings (SSSR count). The zero-order chi connectivity index (χ0) is 7.68. The number of nitrogens with one attached hydrogen (secondary N) is 1. The average molecular weight is 148 g/mol. The highest BCUT2D eigenvalue weighted by Gasteiger charge is 2.21. The van der Waals surface area contributed by atoms with Crippen molar-refractivity contribution in [2.75, 3.05) is 0 Å². The van der Waals surface area contributed by atoms with E-state index in [1.807, 2.05) is 16.9 Å². The summed E-state index contributed by atoms with van der Waals surface area (Å²) >= 11 is 0. The Morgan fingerprint density at radius 3 is 3.09 bits per heavy atom. The maximum Gasteiger partial charge on any atom is 0.330 e. The van der Waals surface area contributed by atoms with Crippen molar-refractivity contribution >= 4 is 0 Å². The van der Waals surface area contributed by atoms with E-state index in [0.717, 1.165) is 12.5 Å². The Hall–Kier alpha value is -1.30. The first-order chi connectivity index (χ1) is 5.38. The van der Waals surface area contributed by atoms with Crippen LogP contribution in [-0.2, 0) is 6.54 Å². The van der Waals surface area contributed by atoms with Crippen LogP contribution in [0.4, 0.5) is 0 Å². The molecule has 1 heterocycles. The van der Waals surface area contributed by atoms with Crippen molar-refractivity contribution in [2.45, 2.75) is 19.4 Å². The van der Waals surface area contributed by atoms with Crippen molar-refractivity contribution < 1.29 is 5.26 Å². The molecule has 1 saturated carbocycles. The Morgan fingerprint density at radius 2 is 2.55 bits per heavy atom. The van der Waals surface area contributed by atoms with Crippen molar-refractivity contribution in [1.82, 2.24) is 9.78 Å². The standard InChI is InChI=1S/C8H9N3/c9-5-8-3-4-11(10-8)6-7-1-2-7/h3-4,7H,1-2,6H2/p+1. The Balaban J connectivity index is 2.07. The van der Waals surface area contributed by atoms with Crippen molar-refractivity contribution in [3.8, 4) is 6.07 Å². The number of hydrogen-bond donors (Lipinski definition) is 1.